The molecule has 1 atom stereocenters. The van der Waals surface area contributed by atoms with E-state index >= 15 is 0 Å². The van der Waals surface area contributed by atoms with Crippen LogP contribution in [0.3, 0.4) is 0 Å². The lowest BCUT2D eigenvalue weighted by Gasteiger charge is -2.14. The Hall–Kier alpha value is -3.89. The van der Waals surface area contributed by atoms with Crippen LogP contribution in [0.15, 0.2) is 65.4 Å². The molecule has 0 aliphatic carbocycles. The summed E-state index contributed by atoms with van der Waals surface area (Å²) >= 11 is 1.10. The average Bonchev–Trinajstić information content (AvgIpc) is 3.40. The summed E-state index contributed by atoms with van der Waals surface area (Å²) in [5.41, 5.74) is 4.59. The maximum atomic E-state index is 14.9. The van der Waals surface area contributed by atoms with Gasteiger partial charge in [0.1, 0.15) is 18.2 Å². The molecular weight excluding hydrogens is 531 g/mol. The fraction of sp³-hybridized carbons (Fsp3) is 0.333. The van der Waals surface area contributed by atoms with Crippen molar-refractivity contribution in [2.75, 3.05) is 26.1 Å². The van der Waals surface area contributed by atoms with Crippen LogP contribution < -0.4 is 14.8 Å². The molecule has 8 nitrogen and oxygen atoms in total. The van der Waals surface area contributed by atoms with Crippen LogP contribution in [0.4, 0.5) is 9.52 Å². The molecule has 1 aromatic carbocycles. The molecule has 1 unspecified atom stereocenters. The number of ether oxygens (including phenoxy) is 3. The van der Waals surface area contributed by atoms with Gasteiger partial charge in [-0.15, -0.1) is 5.10 Å². The Kier molecular flexibility index (Phi) is 11.1. The van der Waals surface area contributed by atoms with Crippen LogP contribution in [0.5, 0.6) is 10.9 Å². The van der Waals surface area contributed by atoms with E-state index in [-0.39, 0.29) is 29.0 Å². The summed E-state index contributed by atoms with van der Waals surface area (Å²) in [6.45, 7) is 10.2. The molecule has 3 rings (SSSR count). The standard InChI is InChI=1S/C30H35FN4O4S/c1-8-18(3)22(14-13-21(9-2)20(5)37-6)17-39-30-35-34-29(40-30)33-28(36)24-16-32-19(4)15-23(24)27-25(31)11-10-12-26(27)38-7/h9-16,20H,8,17H2,1-7H3,(H,33,34,36)/b14-13-,21-9+,22-18+. The van der Waals surface area contributed by atoms with Crippen molar-refractivity contribution in [3.63, 3.8) is 0 Å². The van der Waals surface area contributed by atoms with Crippen molar-refractivity contribution in [2.24, 2.45) is 0 Å². The second kappa shape index (κ2) is 14.5. The van der Waals surface area contributed by atoms with Crippen molar-refractivity contribution in [1.29, 1.82) is 0 Å². The van der Waals surface area contributed by atoms with Crippen molar-refractivity contribution in [1.82, 2.24) is 15.2 Å². The topological polar surface area (TPSA) is 95.5 Å². The number of benzene rings is 1. The minimum absolute atomic E-state index is 0.0246. The van der Waals surface area contributed by atoms with Crippen molar-refractivity contribution < 1.29 is 23.4 Å². The summed E-state index contributed by atoms with van der Waals surface area (Å²) < 4.78 is 31.6. The number of pyridine rings is 1. The zero-order valence-corrected chi connectivity index (χ0v) is 24.7. The summed E-state index contributed by atoms with van der Waals surface area (Å²) in [6.07, 6.45) is 8.31. The van der Waals surface area contributed by atoms with Crippen LogP contribution in [-0.4, -0.2) is 48.0 Å². The SMILES string of the molecule is C\C=C(/C=C\C(COc1nnc(NC(=O)c2cnc(C)cc2-c2c(F)cccc2OC)s1)=C(\C)CC)C(C)OC. The van der Waals surface area contributed by atoms with Gasteiger partial charge >= 0.3 is 0 Å². The zero-order valence-electron chi connectivity index (χ0n) is 23.9. The maximum Gasteiger partial charge on any atom is 0.296 e. The van der Waals surface area contributed by atoms with Crippen molar-refractivity contribution in [2.45, 2.75) is 47.1 Å². The quantitative estimate of drug-likeness (QED) is 0.237. The Balaban J connectivity index is 1.78. The van der Waals surface area contributed by atoms with Gasteiger partial charge in [0, 0.05) is 24.6 Å². The van der Waals surface area contributed by atoms with E-state index in [0.29, 0.717) is 22.2 Å². The molecule has 0 saturated carbocycles. The predicted molar refractivity (Wildman–Crippen MR) is 157 cm³/mol. The van der Waals surface area contributed by atoms with Crippen LogP contribution in [0.2, 0.25) is 0 Å². The van der Waals surface area contributed by atoms with Gasteiger partial charge in [0.25, 0.3) is 11.1 Å². The first-order valence-electron chi connectivity index (χ1n) is 12.8. The van der Waals surface area contributed by atoms with Gasteiger partial charge in [0.05, 0.1) is 24.3 Å². The molecule has 0 spiro atoms. The predicted octanol–water partition coefficient (Wildman–Crippen LogP) is 6.95. The number of hydrogen-bond donors (Lipinski definition) is 1. The van der Waals surface area contributed by atoms with E-state index in [0.717, 1.165) is 28.9 Å². The van der Waals surface area contributed by atoms with Gasteiger partial charge < -0.3 is 14.2 Å². The number of allylic oxidation sites excluding steroid dienone is 2. The largest absolute Gasteiger partial charge is 0.496 e. The van der Waals surface area contributed by atoms with Gasteiger partial charge in [-0.2, -0.15) is 0 Å². The molecule has 0 saturated heterocycles. The number of anilines is 1. The Bertz CT molecular complexity index is 1430. The third kappa shape index (κ3) is 7.61. The normalized spacial score (nSPS) is 13.2. The lowest BCUT2D eigenvalue weighted by atomic mass is 9.98. The second-order valence-corrected chi connectivity index (χ2v) is 9.90. The van der Waals surface area contributed by atoms with Gasteiger partial charge in [-0.1, -0.05) is 41.9 Å². The highest BCUT2D eigenvalue weighted by molar-refractivity contribution is 7.17. The smallest absolute Gasteiger partial charge is 0.296 e. The molecule has 1 N–H and O–H groups in total. The summed E-state index contributed by atoms with van der Waals surface area (Å²) in [5.74, 6) is -0.708. The van der Waals surface area contributed by atoms with E-state index in [1.54, 1.807) is 32.2 Å². The Morgan fingerprint density at radius 2 is 2.00 bits per heavy atom. The summed E-state index contributed by atoms with van der Waals surface area (Å²) in [7, 11) is 3.13. The lowest BCUT2D eigenvalue weighted by Crippen LogP contribution is -2.14. The van der Waals surface area contributed by atoms with Crippen molar-refractivity contribution in [3.8, 4) is 22.1 Å². The average molecular weight is 567 g/mol. The van der Waals surface area contributed by atoms with E-state index in [9.17, 15) is 9.18 Å². The van der Waals surface area contributed by atoms with E-state index < -0.39 is 11.7 Å². The number of aromatic nitrogens is 3. The number of rotatable bonds is 12. The minimum atomic E-state index is -0.510. The number of nitrogens with zero attached hydrogens (tertiary/aromatic N) is 3. The Labute approximate surface area is 238 Å². The highest BCUT2D eigenvalue weighted by Gasteiger charge is 2.21. The number of nitrogens with one attached hydrogen (secondary N) is 1. The van der Waals surface area contributed by atoms with Crippen molar-refractivity contribution >= 4 is 22.4 Å². The maximum absolute atomic E-state index is 14.9. The van der Waals surface area contributed by atoms with E-state index in [1.165, 1.54) is 24.9 Å². The first kappa shape index (κ1) is 30.6. The van der Waals surface area contributed by atoms with Crippen molar-refractivity contribution in [3.05, 3.63) is 82.5 Å². The number of aryl methyl sites for hydroxylation is 1. The van der Waals surface area contributed by atoms with Crippen LogP contribution >= 0.6 is 11.3 Å². The highest BCUT2D eigenvalue weighted by atomic mass is 32.1. The summed E-state index contributed by atoms with van der Waals surface area (Å²) in [4.78, 5) is 17.5. The third-order valence-electron chi connectivity index (χ3n) is 6.44. The molecule has 0 bridgehead atoms. The molecule has 2 aromatic heterocycles. The second-order valence-electron chi connectivity index (χ2n) is 8.96. The lowest BCUT2D eigenvalue weighted by molar-refractivity contribution is 0.102. The van der Waals surface area contributed by atoms with E-state index in [4.69, 9.17) is 14.2 Å². The molecular formula is C30H35FN4O4S. The number of halogens is 1. The molecule has 0 fully saturated rings. The number of methoxy groups -OCH3 is 2. The zero-order chi connectivity index (χ0) is 29.2. The number of carbonyl (C=O) groups is 1. The molecule has 0 aliphatic heterocycles. The van der Waals surface area contributed by atoms with Gasteiger partial charge in [0.2, 0.25) is 5.13 Å². The molecule has 40 heavy (non-hydrogen) atoms. The molecule has 0 radical (unpaired) electrons. The number of amides is 1. The molecule has 0 aliphatic rings. The fourth-order valence-corrected chi connectivity index (χ4v) is 4.44. The minimum Gasteiger partial charge on any atom is -0.496 e. The van der Waals surface area contributed by atoms with E-state index in [2.05, 4.69) is 34.3 Å². The first-order valence-corrected chi connectivity index (χ1v) is 13.7. The van der Waals surface area contributed by atoms with E-state index in [1.807, 2.05) is 32.1 Å². The monoisotopic (exact) mass is 566 g/mol. The molecule has 10 heteroatoms. The van der Waals surface area contributed by atoms with Gasteiger partial charge in [-0.25, -0.2) is 4.39 Å². The highest BCUT2D eigenvalue weighted by Crippen LogP contribution is 2.35. The molecule has 3 aromatic rings. The van der Waals surface area contributed by atoms with Gasteiger partial charge in [0.15, 0.2) is 0 Å². The Morgan fingerprint density at radius 3 is 2.67 bits per heavy atom. The number of hydrogen-bond acceptors (Lipinski definition) is 8. The van der Waals surface area contributed by atoms with Gasteiger partial charge in [-0.05, 0) is 74.8 Å². The summed E-state index contributed by atoms with van der Waals surface area (Å²) in [5, 5.41) is 11.4. The Morgan fingerprint density at radius 1 is 1.23 bits per heavy atom. The number of carbonyl (C=O) groups excluding carboxylic acids is 1. The third-order valence-corrected chi connectivity index (χ3v) is 7.19. The molecule has 1 amide bonds. The molecule has 2 heterocycles. The van der Waals surface area contributed by atoms with Crippen LogP contribution in [0.1, 0.15) is 50.2 Å². The van der Waals surface area contributed by atoms with Crippen LogP contribution in [0, 0.1) is 12.7 Å². The van der Waals surface area contributed by atoms with Crippen LogP contribution in [-0.2, 0) is 4.74 Å². The molecule has 212 valence electrons. The fourth-order valence-electron chi connectivity index (χ4n) is 3.85. The van der Waals surface area contributed by atoms with Gasteiger partial charge in [-0.3, -0.25) is 15.1 Å². The summed E-state index contributed by atoms with van der Waals surface area (Å²) in [6, 6.07) is 6.15. The first-order chi connectivity index (χ1) is 19.2. The van der Waals surface area contributed by atoms with Crippen LogP contribution in [0.25, 0.3) is 11.1 Å².